The number of nitrogens with one attached hydrogen (secondary N) is 1. The van der Waals surface area contributed by atoms with Crippen molar-refractivity contribution in [2.45, 2.75) is 19.5 Å². The lowest BCUT2D eigenvalue weighted by molar-refractivity contribution is 0.0595. The summed E-state index contributed by atoms with van der Waals surface area (Å²) < 4.78 is 4.68. The molecule has 0 spiro atoms. The highest BCUT2D eigenvalue weighted by Crippen LogP contribution is 2.18. The van der Waals surface area contributed by atoms with Crippen molar-refractivity contribution >= 4 is 5.97 Å². The van der Waals surface area contributed by atoms with Crippen molar-refractivity contribution in [2.24, 2.45) is 0 Å². The third-order valence-electron chi connectivity index (χ3n) is 3.36. The van der Waals surface area contributed by atoms with E-state index in [-0.39, 0.29) is 12.0 Å². The van der Waals surface area contributed by atoms with Crippen molar-refractivity contribution < 1.29 is 9.53 Å². The second-order valence-electron chi connectivity index (χ2n) is 4.76. The van der Waals surface area contributed by atoms with Gasteiger partial charge in [0, 0.05) is 25.0 Å². The standard InChI is InChI=1S/C15H19N3O2/c1-11(13-6-4-5-7-16-13)18(2)10-12-8-14(17-9-12)15(19)20-3/h4-9,11,17H,10H2,1-3H3/t11-/m1/s1. The molecule has 2 aromatic heterocycles. The van der Waals surface area contributed by atoms with Gasteiger partial charge in [0.15, 0.2) is 0 Å². The molecule has 1 atom stereocenters. The van der Waals surface area contributed by atoms with E-state index in [4.69, 9.17) is 0 Å². The highest BCUT2D eigenvalue weighted by Gasteiger charge is 2.15. The molecule has 2 rings (SSSR count). The molecule has 0 fully saturated rings. The fourth-order valence-electron chi connectivity index (χ4n) is 2.03. The summed E-state index contributed by atoms with van der Waals surface area (Å²) in [5, 5.41) is 0. The second-order valence-corrected chi connectivity index (χ2v) is 4.76. The van der Waals surface area contributed by atoms with Gasteiger partial charge in [0.2, 0.25) is 0 Å². The van der Waals surface area contributed by atoms with E-state index in [0.717, 1.165) is 17.8 Å². The van der Waals surface area contributed by atoms with Gasteiger partial charge in [0.1, 0.15) is 5.69 Å². The van der Waals surface area contributed by atoms with Crippen LogP contribution in [0.15, 0.2) is 36.7 Å². The van der Waals surface area contributed by atoms with Crippen LogP contribution in [0.2, 0.25) is 0 Å². The first-order valence-corrected chi connectivity index (χ1v) is 6.48. The van der Waals surface area contributed by atoms with Crippen molar-refractivity contribution in [3.63, 3.8) is 0 Å². The van der Waals surface area contributed by atoms with Gasteiger partial charge in [-0.1, -0.05) is 6.07 Å². The van der Waals surface area contributed by atoms with Gasteiger partial charge in [0.05, 0.1) is 12.8 Å². The number of hydrogen-bond acceptors (Lipinski definition) is 4. The smallest absolute Gasteiger partial charge is 0.354 e. The van der Waals surface area contributed by atoms with Crippen LogP contribution < -0.4 is 0 Å². The average Bonchev–Trinajstić information content (AvgIpc) is 2.95. The largest absolute Gasteiger partial charge is 0.464 e. The molecule has 0 saturated carbocycles. The van der Waals surface area contributed by atoms with Gasteiger partial charge in [-0.2, -0.15) is 0 Å². The monoisotopic (exact) mass is 273 g/mol. The summed E-state index contributed by atoms with van der Waals surface area (Å²) in [6.07, 6.45) is 3.62. The minimum Gasteiger partial charge on any atom is -0.464 e. The van der Waals surface area contributed by atoms with Crippen LogP contribution in [-0.4, -0.2) is 35.0 Å². The quantitative estimate of drug-likeness (QED) is 0.850. The summed E-state index contributed by atoms with van der Waals surface area (Å²) in [5.41, 5.74) is 2.54. The lowest BCUT2D eigenvalue weighted by Crippen LogP contribution is -2.22. The van der Waals surface area contributed by atoms with E-state index in [1.807, 2.05) is 37.5 Å². The predicted octanol–water partition coefficient (Wildman–Crippen LogP) is 2.39. The van der Waals surface area contributed by atoms with Crippen LogP contribution in [0.3, 0.4) is 0 Å². The molecule has 5 heteroatoms. The first-order chi connectivity index (χ1) is 9.61. The van der Waals surface area contributed by atoms with Gasteiger partial charge in [-0.05, 0) is 37.7 Å². The minimum absolute atomic E-state index is 0.202. The molecule has 0 bridgehead atoms. The molecule has 0 radical (unpaired) electrons. The zero-order valence-electron chi connectivity index (χ0n) is 12.0. The molecule has 0 aliphatic rings. The average molecular weight is 273 g/mol. The summed E-state index contributed by atoms with van der Waals surface area (Å²) >= 11 is 0. The Balaban J connectivity index is 2.02. The second kappa shape index (κ2) is 6.34. The summed E-state index contributed by atoms with van der Waals surface area (Å²) in [7, 11) is 3.41. The zero-order valence-corrected chi connectivity index (χ0v) is 12.0. The summed E-state index contributed by atoms with van der Waals surface area (Å²) in [6.45, 7) is 2.83. The SMILES string of the molecule is COC(=O)c1cc(CN(C)[C@H](C)c2ccccn2)c[nH]1. The van der Waals surface area contributed by atoms with Crippen LogP contribution in [0.4, 0.5) is 0 Å². The van der Waals surface area contributed by atoms with Crippen molar-refractivity contribution in [3.05, 3.63) is 53.6 Å². The molecule has 0 amide bonds. The Morgan fingerprint density at radius 3 is 2.95 bits per heavy atom. The Labute approximate surface area is 118 Å². The number of rotatable bonds is 5. The van der Waals surface area contributed by atoms with Crippen molar-refractivity contribution in [2.75, 3.05) is 14.2 Å². The molecule has 0 unspecified atom stereocenters. The number of pyridine rings is 1. The number of aromatic amines is 1. The van der Waals surface area contributed by atoms with E-state index in [1.54, 1.807) is 6.20 Å². The lowest BCUT2D eigenvalue weighted by Gasteiger charge is -2.23. The Bertz CT molecular complexity index is 566. The molecule has 1 N–H and O–H groups in total. The third kappa shape index (κ3) is 3.24. The first kappa shape index (κ1) is 14.3. The van der Waals surface area contributed by atoms with Crippen LogP contribution >= 0.6 is 0 Å². The van der Waals surface area contributed by atoms with Crippen LogP contribution in [0.1, 0.15) is 34.7 Å². The summed E-state index contributed by atoms with van der Waals surface area (Å²) in [5.74, 6) is -0.350. The van der Waals surface area contributed by atoms with Crippen LogP contribution in [0.25, 0.3) is 0 Å². The fraction of sp³-hybridized carbons (Fsp3) is 0.333. The van der Waals surface area contributed by atoms with Gasteiger partial charge in [-0.15, -0.1) is 0 Å². The lowest BCUT2D eigenvalue weighted by atomic mass is 10.1. The molecular weight excluding hydrogens is 254 g/mol. The maximum Gasteiger partial charge on any atom is 0.354 e. The third-order valence-corrected chi connectivity index (χ3v) is 3.36. The van der Waals surface area contributed by atoms with Gasteiger partial charge in [0.25, 0.3) is 0 Å². The Morgan fingerprint density at radius 2 is 2.30 bits per heavy atom. The number of carbonyl (C=O) groups is 1. The number of nitrogens with zero attached hydrogens (tertiary/aromatic N) is 2. The van der Waals surface area contributed by atoms with Gasteiger partial charge >= 0.3 is 5.97 Å². The van der Waals surface area contributed by atoms with Crippen molar-refractivity contribution in [3.8, 4) is 0 Å². The summed E-state index contributed by atoms with van der Waals surface area (Å²) in [4.78, 5) is 20.9. The normalized spacial score (nSPS) is 12.4. The number of ether oxygens (including phenoxy) is 1. The number of aromatic nitrogens is 2. The number of H-pyrrole nitrogens is 1. The predicted molar refractivity (Wildman–Crippen MR) is 76.3 cm³/mol. The van der Waals surface area contributed by atoms with E-state index in [2.05, 4.69) is 26.5 Å². The van der Waals surface area contributed by atoms with Gasteiger partial charge in [-0.25, -0.2) is 4.79 Å². The van der Waals surface area contributed by atoms with E-state index >= 15 is 0 Å². The van der Waals surface area contributed by atoms with Gasteiger partial charge in [-0.3, -0.25) is 9.88 Å². The van der Waals surface area contributed by atoms with Crippen molar-refractivity contribution in [1.29, 1.82) is 0 Å². The molecule has 2 heterocycles. The van der Waals surface area contributed by atoms with E-state index in [9.17, 15) is 4.79 Å². The first-order valence-electron chi connectivity index (χ1n) is 6.48. The van der Waals surface area contributed by atoms with Crippen molar-refractivity contribution in [1.82, 2.24) is 14.9 Å². The van der Waals surface area contributed by atoms with E-state index in [0.29, 0.717) is 5.69 Å². The molecule has 0 aliphatic carbocycles. The Hall–Kier alpha value is -2.14. The molecule has 20 heavy (non-hydrogen) atoms. The molecular formula is C15H19N3O2. The summed E-state index contributed by atoms with van der Waals surface area (Å²) in [6, 6.07) is 7.92. The molecule has 2 aromatic rings. The van der Waals surface area contributed by atoms with E-state index in [1.165, 1.54) is 7.11 Å². The molecule has 0 aliphatic heterocycles. The Morgan fingerprint density at radius 1 is 1.50 bits per heavy atom. The van der Waals surface area contributed by atoms with Crippen LogP contribution in [-0.2, 0) is 11.3 Å². The molecule has 5 nitrogen and oxygen atoms in total. The maximum absolute atomic E-state index is 11.4. The van der Waals surface area contributed by atoms with Gasteiger partial charge < -0.3 is 9.72 Å². The topological polar surface area (TPSA) is 58.2 Å². The van der Waals surface area contributed by atoms with Crippen LogP contribution in [0, 0.1) is 0 Å². The number of hydrogen-bond donors (Lipinski definition) is 1. The Kier molecular flexibility index (Phi) is 4.53. The number of esters is 1. The minimum atomic E-state index is -0.350. The highest BCUT2D eigenvalue weighted by molar-refractivity contribution is 5.87. The number of methoxy groups -OCH3 is 1. The maximum atomic E-state index is 11.4. The fourth-order valence-corrected chi connectivity index (χ4v) is 2.03. The number of carbonyl (C=O) groups excluding carboxylic acids is 1. The molecule has 0 aromatic carbocycles. The molecule has 106 valence electrons. The highest BCUT2D eigenvalue weighted by atomic mass is 16.5. The molecule has 0 saturated heterocycles. The van der Waals surface area contributed by atoms with Crippen LogP contribution in [0.5, 0.6) is 0 Å². The zero-order chi connectivity index (χ0) is 14.5. The van der Waals surface area contributed by atoms with E-state index < -0.39 is 0 Å².